The lowest BCUT2D eigenvalue weighted by atomic mass is 9.81. The molecule has 2 aliphatic heterocycles. The van der Waals surface area contributed by atoms with Crippen molar-refractivity contribution in [2.75, 3.05) is 26.2 Å². The Labute approximate surface area is 139 Å². The SMILES string of the molecule is O=C(c1ccc(C2CC2)cc1)N1CCCC(C2CCCNC2)C1. The Hall–Kier alpha value is -1.35. The number of carbonyl (C=O) groups excluding carboxylic acids is 1. The van der Waals surface area contributed by atoms with Gasteiger partial charge in [0.15, 0.2) is 0 Å². The van der Waals surface area contributed by atoms with Crippen LogP contribution in [-0.4, -0.2) is 37.0 Å². The number of rotatable bonds is 3. The highest BCUT2D eigenvalue weighted by Gasteiger charge is 2.30. The highest BCUT2D eigenvalue weighted by molar-refractivity contribution is 5.94. The molecule has 0 spiro atoms. The molecule has 3 fully saturated rings. The summed E-state index contributed by atoms with van der Waals surface area (Å²) in [6.07, 6.45) is 7.70. The van der Waals surface area contributed by atoms with Crippen LogP contribution in [-0.2, 0) is 0 Å². The van der Waals surface area contributed by atoms with Crippen LogP contribution in [0.2, 0.25) is 0 Å². The van der Waals surface area contributed by atoms with Gasteiger partial charge in [0, 0.05) is 18.7 Å². The van der Waals surface area contributed by atoms with Gasteiger partial charge in [0.05, 0.1) is 0 Å². The second-order valence-electron chi connectivity index (χ2n) is 7.66. The number of amides is 1. The first-order chi connectivity index (χ1) is 11.3. The lowest BCUT2D eigenvalue weighted by Gasteiger charge is -2.38. The molecule has 124 valence electrons. The van der Waals surface area contributed by atoms with Gasteiger partial charge in [0.1, 0.15) is 0 Å². The van der Waals surface area contributed by atoms with Gasteiger partial charge in [-0.15, -0.1) is 0 Å². The molecule has 3 aliphatic rings. The van der Waals surface area contributed by atoms with Gasteiger partial charge in [-0.25, -0.2) is 0 Å². The van der Waals surface area contributed by atoms with Gasteiger partial charge >= 0.3 is 0 Å². The second-order valence-corrected chi connectivity index (χ2v) is 7.66. The topological polar surface area (TPSA) is 32.3 Å². The van der Waals surface area contributed by atoms with Crippen LogP contribution >= 0.6 is 0 Å². The van der Waals surface area contributed by atoms with E-state index in [4.69, 9.17) is 0 Å². The van der Waals surface area contributed by atoms with Crippen LogP contribution in [0.5, 0.6) is 0 Å². The number of nitrogens with one attached hydrogen (secondary N) is 1. The molecule has 1 aromatic carbocycles. The van der Waals surface area contributed by atoms with E-state index in [1.807, 2.05) is 12.1 Å². The van der Waals surface area contributed by atoms with Crippen molar-refractivity contribution in [1.29, 1.82) is 0 Å². The van der Waals surface area contributed by atoms with E-state index in [1.54, 1.807) is 0 Å². The summed E-state index contributed by atoms with van der Waals surface area (Å²) >= 11 is 0. The van der Waals surface area contributed by atoms with Crippen molar-refractivity contribution in [2.45, 2.75) is 44.4 Å². The molecule has 23 heavy (non-hydrogen) atoms. The van der Waals surface area contributed by atoms with Crippen molar-refractivity contribution in [3.8, 4) is 0 Å². The minimum Gasteiger partial charge on any atom is -0.338 e. The highest BCUT2D eigenvalue weighted by Crippen LogP contribution is 2.40. The number of carbonyl (C=O) groups is 1. The first-order valence-corrected chi connectivity index (χ1v) is 9.41. The van der Waals surface area contributed by atoms with Crippen molar-refractivity contribution in [3.63, 3.8) is 0 Å². The molecular weight excluding hydrogens is 284 g/mol. The van der Waals surface area contributed by atoms with Gasteiger partial charge in [-0.1, -0.05) is 12.1 Å². The average Bonchev–Trinajstić information content (AvgIpc) is 3.47. The van der Waals surface area contributed by atoms with Crippen LogP contribution < -0.4 is 5.32 Å². The first kappa shape index (κ1) is 15.2. The lowest BCUT2D eigenvalue weighted by Crippen LogP contribution is -2.45. The predicted octanol–water partition coefficient (Wildman–Crippen LogP) is 3.42. The Balaban J connectivity index is 1.40. The van der Waals surface area contributed by atoms with Crippen LogP contribution in [0.3, 0.4) is 0 Å². The fourth-order valence-electron chi connectivity index (χ4n) is 4.36. The molecular formula is C20H28N2O. The third-order valence-corrected chi connectivity index (χ3v) is 5.95. The van der Waals surface area contributed by atoms with E-state index in [-0.39, 0.29) is 5.91 Å². The number of benzene rings is 1. The summed E-state index contributed by atoms with van der Waals surface area (Å²) in [5.41, 5.74) is 2.28. The normalized spacial score (nSPS) is 28.6. The Morgan fingerprint density at radius 1 is 1.00 bits per heavy atom. The molecule has 1 aromatic rings. The Bertz CT molecular complexity index is 543. The van der Waals surface area contributed by atoms with E-state index >= 15 is 0 Å². The average molecular weight is 312 g/mol. The molecule has 1 amide bonds. The van der Waals surface area contributed by atoms with Crippen LogP contribution in [0.4, 0.5) is 0 Å². The minimum atomic E-state index is 0.237. The number of likely N-dealkylation sites (tertiary alicyclic amines) is 1. The summed E-state index contributed by atoms with van der Waals surface area (Å²) < 4.78 is 0. The van der Waals surface area contributed by atoms with E-state index < -0.39 is 0 Å². The zero-order valence-corrected chi connectivity index (χ0v) is 14.0. The Kier molecular flexibility index (Phi) is 4.39. The van der Waals surface area contributed by atoms with Gasteiger partial charge < -0.3 is 10.2 Å². The fourth-order valence-corrected chi connectivity index (χ4v) is 4.36. The van der Waals surface area contributed by atoms with Gasteiger partial charge in [-0.2, -0.15) is 0 Å². The third kappa shape index (κ3) is 3.45. The molecule has 0 bridgehead atoms. The maximum atomic E-state index is 12.8. The number of nitrogens with zero attached hydrogens (tertiary/aromatic N) is 1. The largest absolute Gasteiger partial charge is 0.338 e. The predicted molar refractivity (Wildman–Crippen MR) is 92.6 cm³/mol. The van der Waals surface area contributed by atoms with Crippen molar-refractivity contribution >= 4 is 5.91 Å². The number of hydrogen-bond donors (Lipinski definition) is 1. The lowest BCUT2D eigenvalue weighted by molar-refractivity contribution is 0.0609. The molecule has 0 radical (unpaired) electrons. The van der Waals surface area contributed by atoms with E-state index in [1.165, 1.54) is 44.2 Å². The Morgan fingerprint density at radius 3 is 2.48 bits per heavy atom. The van der Waals surface area contributed by atoms with Crippen molar-refractivity contribution in [3.05, 3.63) is 35.4 Å². The molecule has 0 aromatic heterocycles. The minimum absolute atomic E-state index is 0.237. The zero-order valence-electron chi connectivity index (χ0n) is 14.0. The Morgan fingerprint density at radius 2 is 1.78 bits per heavy atom. The summed E-state index contributed by atoms with van der Waals surface area (Å²) in [4.78, 5) is 14.9. The second kappa shape index (κ2) is 6.64. The molecule has 2 unspecified atom stereocenters. The molecule has 1 N–H and O–H groups in total. The van der Waals surface area contributed by atoms with Gasteiger partial charge in [0.2, 0.25) is 0 Å². The summed E-state index contributed by atoms with van der Waals surface area (Å²) in [5, 5.41) is 3.53. The first-order valence-electron chi connectivity index (χ1n) is 9.41. The monoisotopic (exact) mass is 312 g/mol. The summed E-state index contributed by atoms with van der Waals surface area (Å²) in [5.74, 6) is 2.45. The number of hydrogen-bond acceptors (Lipinski definition) is 2. The highest BCUT2D eigenvalue weighted by atomic mass is 16.2. The summed E-state index contributed by atoms with van der Waals surface area (Å²) in [7, 11) is 0. The van der Waals surface area contributed by atoms with Crippen LogP contribution in [0, 0.1) is 11.8 Å². The molecule has 3 nitrogen and oxygen atoms in total. The maximum Gasteiger partial charge on any atom is 0.253 e. The fraction of sp³-hybridized carbons (Fsp3) is 0.650. The molecule has 2 atom stereocenters. The van der Waals surface area contributed by atoms with E-state index in [2.05, 4.69) is 22.3 Å². The van der Waals surface area contributed by atoms with Crippen LogP contribution in [0.15, 0.2) is 24.3 Å². The van der Waals surface area contributed by atoms with E-state index in [9.17, 15) is 4.79 Å². The quantitative estimate of drug-likeness (QED) is 0.927. The van der Waals surface area contributed by atoms with Crippen LogP contribution in [0.25, 0.3) is 0 Å². The van der Waals surface area contributed by atoms with Gasteiger partial charge in [-0.3, -0.25) is 4.79 Å². The maximum absolute atomic E-state index is 12.8. The number of piperidine rings is 2. The van der Waals surface area contributed by atoms with E-state index in [0.717, 1.165) is 43.5 Å². The zero-order chi connectivity index (χ0) is 15.6. The van der Waals surface area contributed by atoms with Crippen LogP contribution in [0.1, 0.15) is 60.4 Å². The van der Waals surface area contributed by atoms with Crippen molar-refractivity contribution in [2.24, 2.45) is 11.8 Å². The van der Waals surface area contributed by atoms with Gasteiger partial charge in [-0.05, 0) is 87.1 Å². The molecule has 1 aliphatic carbocycles. The molecule has 4 rings (SSSR count). The smallest absolute Gasteiger partial charge is 0.253 e. The summed E-state index contributed by atoms with van der Waals surface area (Å²) in [6.45, 7) is 4.19. The van der Waals surface area contributed by atoms with Gasteiger partial charge in [0.25, 0.3) is 5.91 Å². The molecule has 2 saturated heterocycles. The van der Waals surface area contributed by atoms with E-state index in [0.29, 0.717) is 5.92 Å². The molecule has 1 saturated carbocycles. The molecule has 2 heterocycles. The van der Waals surface area contributed by atoms with Crippen molar-refractivity contribution in [1.82, 2.24) is 10.2 Å². The standard InChI is InChI=1S/C20H28N2O/c23-20(17-9-7-16(8-10-17)15-5-6-15)22-12-2-4-19(14-22)18-3-1-11-21-13-18/h7-10,15,18-19,21H,1-6,11-14H2. The van der Waals surface area contributed by atoms with Crippen molar-refractivity contribution < 1.29 is 4.79 Å². The third-order valence-electron chi connectivity index (χ3n) is 5.95. The molecule has 3 heteroatoms. The summed E-state index contributed by atoms with van der Waals surface area (Å²) in [6, 6.07) is 8.41.